The quantitative estimate of drug-likeness (QED) is 0.633. The van der Waals surface area contributed by atoms with Gasteiger partial charge in [-0.25, -0.2) is 23.5 Å². The minimum atomic E-state index is -3.61. The van der Waals surface area contributed by atoms with Crippen molar-refractivity contribution >= 4 is 38.9 Å². The molecule has 0 atom stereocenters. The Kier molecular flexibility index (Phi) is 3.84. The second-order valence-corrected chi connectivity index (χ2v) is 6.59. The SMILES string of the molecule is NS(=O)(=O)Cc1cccc(Nc2ncnc3c2NC(=O)CN3)c1. The highest BCUT2D eigenvalue weighted by Crippen LogP contribution is 2.30. The molecule has 0 fully saturated rings. The molecule has 120 valence electrons. The molecule has 1 amide bonds. The zero-order valence-electron chi connectivity index (χ0n) is 11.9. The number of fused-ring (bicyclic) bond motifs is 1. The van der Waals surface area contributed by atoms with Crippen LogP contribution in [-0.2, 0) is 20.6 Å². The zero-order valence-corrected chi connectivity index (χ0v) is 12.7. The Morgan fingerprint density at radius 1 is 1.30 bits per heavy atom. The number of hydrogen-bond acceptors (Lipinski definition) is 7. The van der Waals surface area contributed by atoms with Gasteiger partial charge in [0.15, 0.2) is 11.6 Å². The van der Waals surface area contributed by atoms with Crippen molar-refractivity contribution in [3.05, 3.63) is 36.2 Å². The van der Waals surface area contributed by atoms with E-state index in [-0.39, 0.29) is 18.2 Å². The van der Waals surface area contributed by atoms with Gasteiger partial charge >= 0.3 is 0 Å². The summed E-state index contributed by atoms with van der Waals surface area (Å²) in [7, 11) is -3.61. The number of sulfonamides is 1. The summed E-state index contributed by atoms with van der Waals surface area (Å²) in [5, 5.41) is 13.7. The molecule has 10 heteroatoms. The molecular formula is C13H14N6O3S. The monoisotopic (exact) mass is 334 g/mol. The highest BCUT2D eigenvalue weighted by Gasteiger charge is 2.19. The summed E-state index contributed by atoms with van der Waals surface area (Å²) in [4.78, 5) is 19.7. The first kappa shape index (κ1) is 15.2. The average Bonchev–Trinajstić information content (AvgIpc) is 2.46. The number of anilines is 4. The van der Waals surface area contributed by atoms with E-state index in [0.717, 1.165) is 0 Å². The van der Waals surface area contributed by atoms with Gasteiger partial charge in [0, 0.05) is 5.69 Å². The maximum Gasteiger partial charge on any atom is 0.243 e. The third-order valence-corrected chi connectivity index (χ3v) is 3.82. The summed E-state index contributed by atoms with van der Waals surface area (Å²) < 4.78 is 22.4. The van der Waals surface area contributed by atoms with Gasteiger partial charge in [-0.15, -0.1) is 0 Å². The lowest BCUT2D eigenvalue weighted by atomic mass is 10.2. The van der Waals surface area contributed by atoms with Gasteiger partial charge in [-0.3, -0.25) is 4.79 Å². The normalized spacial score (nSPS) is 13.7. The molecule has 0 unspecified atom stereocenters. The highest BCUT2D eigenvalue weighted by atomic mass is 32.2. The molecule has 0 radical (unpaired) electrons. The number of aromatic nitrogens is 2. The maximum absolute atomic E-state index is 11.5. The largest absolute Gasteiger partial charge is 0.359 e. The number of rotatable bonds is 4. The lowest BCUT2D eigenvalue weighted by Crippen LogP contribution is -2.28. The van der Waals surface area contributed by atoms with Crippen LogP contribution in [0.3, 0.4) is 0 Å². The minimum absolute atomic E-state index is 0.146. The van der Waals surface area contributed by atoms with Gasteiger partial charge in [-0.1, -0.05) is 12.1 Å². The van der Waals surface area contributed by atoms with E-state index in [4.69, 9.17) is 5.14 Å². The number of nitrogens with two attached hydrogens (primary N) is 1. The van der Waals surface area contributed by atoms with E-state index >= 15 is 0 Å². The summed E-state index contributed by atoms with van der Waals surface area (Å²) in [5.74, 6) is 0.465. The van der Waals surface area contributed by atoms with E-state index in [1.54, 1.807) is 24.3 Å². The Morgan fingerprint density at radius 3 is 2.91 bits per heavy atom. The maximum atomic E-state index is 11.5. The number of carbonyl (C=O) groups excluding carboxylic acids is 1. The molecule has 1 aliphatic heterocycles. The van der Waals surface area contributed by atoms with Crippen molar-refractivity contribution in [1.29, 1.82) is 0 Å². The molecule has 0 spiro atoms. The van der Waals surface area contributed by atoms with Crippen molar-refractivity contribution in [3.8, 4) is 0 Å². The molecule has 23 heavy (non-hydrogen) atoms. The summed E-state index contributed by atoms with van der Waals surface area (Å²) in [6.45, 7) is 0.146. The molecule has 2 aromatic rings. The summed E-state index contributed by atoms with van der Waals surface area (Å²) in [6, 6.07) is 6.76. The first-order valence-electron chi connectivity index (χ1n) is 6.66. The molecule has 0 bridgehead atoms. The Balaban J connectivity index is 1.88. The number of primary sulfonamides is 1. The lowest BCUT2D eigenvalue weighted by Gasteiger charge is -2.20. The van der Waals surface area contributed by atoms with Gasteiger partial charge in [-0.2, -0.15) is 0 Å². The number of hydrogen-bond donors (Lipinski definition) is 4. The Bertz CT molecular complexity index is 868. The molecule has 5 N–H and O–H groups in total. The molecule has 0 saturated heterocycles. The first-order chi connectivity index (χ1) is 10.9. The van der Waals surface area contributed by atoms with Crippen molar-refractivity contribution in [3.63, 3.8) is 0 Å². The van der Waals surface area contributed by atoms with Gasteiger partial charge < -0.3 is 16.0 Å². The van der Waals surface area contributed by atoms with Crippen LogP contribution in [0, 0.1) is 0 Å². The van der Waals surface area contributed by atoms with Gasteiger partial charge in [0.25, 0.3) is 0 Å². The minimum Gasteiger partial charge on any atom is -0.359 e. The van der Waals surface area contributed by atoms with Gasteiger partial charge in [0.2, 0.25) is 15.9 Å². The molecule has 2 heterocycles. The second-order valence-electron chi connectivity index (χ2n) is 4.98. The molecule has 3 rings (SSSR count). The van der Waals surface area contributed by atoms with Crippen LogP contribution >= 0.6 is 0 Å². The van der Waals surface area contributed by atoms with Crippen molar-refractivity contribution in [2.24, 2.45) is 5.14 Å². The van der Waals surface area contributed by atoms with E-state index in [0.29, 0.717) is 28.6 Å². The second kappa shape index (κ2) is 5.82. The third kappa shape index (κ3) is 3.73. The molecule has 1 aromatic heterocycles. The number of carbonyl (C=O) groups is 1. The highest BCUT2D eigenvalue weighted by molar-refractivity contribution is 7.88. The number of benzene rings is 1. The summed E-state index contributed by atoms with van der Waals surface area (Å²) in [6.07, 6.45) is 1.36. The predicted octanol–water partition coefficient (Wildman–Crippen LogP) is 0.373. The van der Waals surface area contributed by atoms with Crippen molar-refractivity contribution in [1.82, 2.24) is 9.97 Å². The van der Waals surface area contributed by atoms with Gasteiger partial charge in [-0.05, 0) is 17.7 Å². The van der Waals surface area contributed by atoms with Crippen molar-refractivity contribution in [2.45, 2.75) is 5.75 Å². The van der Waals surface area contributed by atoms with E-state index in [9.17, 15) is 13.2 Å². The zero-order chi connectivity index (χ0) is 16.4. The Hall–Kier alpha value is -2.72. The van der Waals surface area contributed by atoms with Crippen LogP contribution in [0.5, 0.6) is 0 Å². The molecule has 0 aliphatic carbocycles. The van der Waals surface area contributed by atoms with Crippen LogP contribution in [0.4, 0.5) is 23.0 Å². The summed E-state index contributed by atoms with van der Waals surface area (Å²) >= 11 is 0. The number of nitrogens with zero attached hydrogens (tertiary/aromatic N) is 2. The Labute approximate surface area is 132 Å². The van der Waals surface area contributed by atoms with Crippen LogP contribution in [0.2, 0.25) is 0 Å². The predicted molar refractivity (Wildman–Crippen MR) is 85.7 cm³/mol. The fourth-order valence-electron chi connectivity index (χ4n) is 2.19. The topological polar surface area (TPSA) is 139 Å². The first-order valence-corrected chi connectivity index (χ1v) is 8.37. The van der Waals surface area contributed by atoms with Crippen LogP contribution in [0.15, 0.2) is 30.6 Å². The van der Waals surface area contributed by atoms with E-state index in [2.05, 4.69) is 25.9 Å². The van der Waals surface area contributed by atoms with E-state index in [1.165, 1.54) is 6.33 Å². The van der Waals surface area contributed by atoms with Crippen LogP contribution in [0.25, 0.3) is 0 Å². The van der Waals surface area contributed by atoms with Crippen molar-refractivity contribution < 1.29 is 13.2 Å². The van der Waals surface area contributed by atoms with Crippen LogP contribution < -0.4 is 21.1 Å². The smallest absolute Gasteiger partial charge is 0.243 e. The molecule has 1 aromatic carbocycles. The fourth-order valence-corrected chi connectivity index (χ4v) is 2.83. The summed E-state index contributed by atoms with van der Waals surface area (Å²) in [5.41, 5.74) is 1.61. The molecule has 0 saturated carbocycles. The van der Waals surface area contributed by atoms with E-state index in [1.807, 2.05) is 0 Å². The van der Waals surface area contributed by atoms with E-state index < -0.39 is 10.0 Å². The molecule has 9 nitrogen and oxygen atoms in total. The third-order valence-electron chi connectivity index (χ3n) is 3.09. The van der Waals surface area contributed by atoms with Crippen LogP contribution in [0.1, 0.15) is 5.56 Å². The number of nitrogens with one attached hydrogen (secondary N) is 3. The van der Waals surface area contributed by atoms with Gasteiger partial charge in [0.05, 0.1) is 12.3 Å². The average molecular weight is 334 g/mol. The number of amides is 1. The lowest BCUT2D eigenvalue weighted by molar-refractivity contribution is -0.114. The fraction of sp³-hybridized carbons (Fsp3) is 0.154. The molecular weight excluding hydrogens is 320 g/mol. The van der Waals surface area contributed by atoms with Crippen LogP contribution in [-0.4, -0.2) is 30.8 Å². The molecule has 1 aliphatic rings. The Morgan fingerprint density at radius 2 is 2.13 bits per heavy atom. The van der Waals surface area contributed by atoms with Gasteiger partial charge in [0.1, 0.15) is 12.0 Å². The standard InChI is InChI=1S/C13H14N6O3S/c14-23(21,22)6-8-2-1-3-9(4-8)18-13-11-12(16-7-17-13)15-5-10(20)19-11/h1-4,7H,5-6H2,(H,19,20)(H2,14,21,22)(H2,15,16,17,18). The van der Waals surface area contributed by atoms with Crippen molar-refractivity contribution in [2.75, 3.05) is 22.5 Å².